The van der Waals surface area contributed by atoms with Gasteiger partial charge in [0, 0.05) is 30.1 Å². The molecule has 170 valence electrons. The molecule has 6 heteroatoms. The average Bonchev–Trinajstić information content (AvgIpc) is 3.44. The average molecular weight is 445 g/mol. The number of carbonyl (C=O) groups excluding carboxylic acids is 1. The second kappa shape index (κ2) is 8.93. The highest BCUT2D eigenvalue weighted by atomic mass is 19.1. The third kappa shape index (κ3) is 4.10. The van der Waals surface area contributed by atoms with E-state index in [0.717, 1.165) is 37.8 Å². The summed E-state index contributed by atoms with van der Waals surface area (Å²) in [5.41, 5.74) is 6.87. The highest BCUT2D eigenvalue weighted by Gasteiger charge is 2.37. The summed E-state index contributed by atoms with van der Waals surface area (Å²) in [5.74, 6) is 0.423. The molecule has 0 bridgehead atoms. The van der Waals surface area contributed by atoms with Gasteiger partial charge >= 0.3 is 0 Å². The maximum atomic E-state index is 13.4. The molecule has 1 N–H and O–H groups in total. The fraction of sp³-hybridized carbons (Fsp3) is 0.370. The lowest BCUT2D eigenvalue weighted by Crippen LogP contribution is -2.36. The van der Waals surface area contributed by atoms with E-state index in [1.54, 1.807) is 24.4 Å². The Morgan fingerprint density at radius 1 is 1.24 bits per heavy atom. The Hall–Kier alpha value is -3.28. The van der Waals surface area contributed by atoms with Crippen LogP contribution in [0.1, 0.15) is 67.2 Å². The van der Waals surface area contributed by atoms with Gasteiger partial charge in [-0.25, -0.2) is 9.07 Å². The molecule has 2 aliphatic rings. The Morgan fingerprint density at radius 2 is 2.06 bits per heavy atom. The van der Waals surface area contributed by atoms with E-state index in [-0.39, 0.29) is 17.8 Å². The number of aromatic nitrogens is 3. The quantitative estimate of drug-likeness (QED) is 0.520. The number of carbonyl (C=O) groups is 1. The van der Waals surface area contributed by atoms with Crippen molar-refractivity contribution in [1.82, 2.24) is 20.1 Å². The number of benzene rings is 1. The predicted octanol–water partition coefficient (Wildman–Crippen LogP) is 5.37. The molecule has 0 saturated heterocycles. The van der Waals surface area contributed by atoms with Crippen molar-refractivity contribution in [3.8, 4) is 5.69 Å². The topological polar surface area (TPSA) is 59.8 Å². The molecule has 2 aromatic heterocycles. The first kappa shape index (κ1) is 21.6. The first-order valence-corrected chi connectivity index (χ1v) is 11.8. The van der Waals surface area contributed by atoms with Crippen molar-refractivity contribution in [2.24, 2.45) is 5.92 Å². The summed E-state index contributed by atoms with van der Waals surface area (Å²) in [7, 11) is 0. The number of nitrogens with one attached hydrogen (secondary N) is 1. The zero-order chi connectivity index (χ0) is 22.9. The minimum Gasteiger partial charge on any atom is -0.348 e. The van der Waals surface area contributed by atoms with Crippen LogP contribution in [-0.2, 0) is 6.42 Å². The minimum absolute atomic E-state index is 0.103. The van der Waals surface area contributed by atoms with E-state index in [1.165, 1.54) is 34.5 Å². The molecule has 2 heterocycles. The van der Waals surface area contributed by atoms with Crippen LogP contribution in [0.3, 0.4) is 0 Å². The molecule has 0 radical (unpaired) electrons. The van der Waals surface area contributed by atoms with Gasteiger partial charge in [0.15, 0.2) is 0 Å². The summed E-state index contributed by atoms with van der Waals surface area (Å²) in [6.07, 6.45) is 8.56. The molecule has 0 saturated carbocycles. The molecular weight excluding hydrogens is 415 g/mol. The molecule has 1 amide bonds. The van der Waals surface area contributed by atoms with E-state index in [9.17, 15) is 9.18 Å². The van der Waals surface area contributed by atoms with Gasteiger partial charge in [0.25, 0.3) is 5.91 Å². The van der Waals surface area contributed by atoms with Gasteiger partial charge < -0.3 is 5.32 Å². The van der Waals surface area contributed by atoms with E-state index in [0.29, 0.717) is 17.5 Å². The molecular formula is C27H29FN4O. The van der Waals surface area contributed by atoms with Crippen molar-refractivity contribution in [2.75, 3.05) is 0 Å². The van der Waals surface area contributed by atoms with Crippen molar-refractivity contribution >= 4 is 5.91 Å². The van der Waals surface area contributed by atoms with Crippen molar-refractivity contribution in [2.45, 2.75) is 57.9 Å². The molecule has 5 nitrogen and oxygen atoms in total. The third-order valence-corrected chi connectivity index (χ3v) is 7.22. The second-order valence-corrected chi connectivity index (χ2v) is 9.16. The van der Waals surface area contributed by atoms with Gasteiger partial charge in [-0.15, -0.1) is 0 Å². The zero-order valence-electron chi connectivity index (χ0n) is 19.1. The van der Waals surface area contributed by atoms with Gasteiger partial charge in [-0.1, -0.05) is 31.1 Å². The Labute approximate surface area is 193 Å². The maximum absolute atomic E-state index is 13.4. The molecule has 3 aromatic rings. The molecule has 1 unspecified atom stereocenters. The van der Waals surface area contributed by atoms with E-state index in [2.05, 4.69) is 29.2 Å². The highest BCUT2D eigenvalue weighted by molar-refractivity contribution is 5.92. The van der Waals surface area contributed by atoms with Crippen LogP contribution in [0, 0.1) is 11.7 Å². The molecule has 2 aliphatic carbocycles. The van der Waals surface area contributed by atoms with Crippen LogP contribution in [0.2, 0.25) is 0 Å². The first-order chi connectivity index (χ1) is 16.0. The van der Waals surface area contributed by atoms with Gasteiger partial charge in [-0.2, -0.15) is 5.10 Å². The SMILES string of the molecule is CCC(C[C@H]1CCC2=C1[C@@H](C)c1cnn(-c3ccc(F)cc3)c1C2)NC(=O)c1ccccn1. The van der Waals surface area contributed by atoms with Crippen LogP contribution < -0.4 is 5.32 Å². The summed E-state index contributed by atoms with van der Waals surface area (Å²) < 4.78 is 15.4. The lowest BCUT2D eigenvalue weighted by atomic mass is 9.78. The van der Waals surface area contributed by atoms with Gasteiger partial charge in [-0.3, -0.25) is 9.78 Å². The number of fused-ring (bicyclic) bond motifs is 1. The van der Waals surface area contributed by atoms with E-state index in [1.807, 2.05) is 23.0 Å². The smallest absolute Gasteiger partial charge is 0.270 e. The van der Waals surface area contributed by atoms with Crippen molar-refractivity contribution in [3.05, 3.63) is 88.8 Å². The standard InChI is InChI=1S/C27H29FN4O/c1-3-21(31-27(33)24-6-4-5-13-29-24)14-18-7-8-19-15-25-23(17(2)26(18)19)16-30-32(25)22-11-9-20(28)10-12-22/h4-6,9-13,16-18,21H,3,7-8,14-15H2,1-2H3,(H,31,33)/t17-,18+,21?/m0/s1. The van der Waals surface area contributed by atoms with Crippen molar-refractivity contribution in [3.63, 3.8) is 0 Å². The normalized spacial score (nSPS) is 20.3. The molecule has 3 atom stereocenters. The fourth-order valence-corrected chi connectivity index (χ4v) is 5.56. The van der Waals surface area contributed by atoms with Crippen LogP contribution in [-0.4, -0.2) is 26.7 Å². The highest BCUT2D eigenvalue weighted by Crippen LogP contribution is 2.48. The van der Waals surface area contributed by atoms with E-state index < -0.39 is 0 Å². The number of rotatable bonds is 6. The zero-order valence-corrected chi connectivity index (χ0v) is 19.1. The number of hydrogen-bond donors (Lipinski definition) is 1. The molecule has 1 aromatic carbocycles. The van der Waals surface area contributed by atoms with Crippen molar-refractivity contribution in [1.29, 1.82) is 0 Å². The van der Waals surface area contributed by atoms with Gasteiger partial charge in [0.2, 0.25) is 0 Å². The monoisotopic (exact) mass is 444 g/mol. The van der Waals surface area contributed by atoms with Crippen molar-refractivity contribution < 1.29 is 9.18 Å². The minimum atomic E-state index is -0.239. The number of allylic oxidation sites excluding steroid dienone is 2. The summed E-state index contributed by atoms with van der Waals surface area (Å²) in [4.78, 5) is 16.8. The molecule has 5 rings (SSSR count). The fourth-order valence-electron chi connectivity index (χ4n) is 5.56. The van der Waals surface area contributed by atoms with E-state index in [4.69, 9.17) is 0 Å². The second-order valence-electron chi connectivity index (χ2n) is 9.16. The first-order valence-electron chi connectivity index (χ1n) is 11.8. The van der Waals surface area contributed by atoms with Crippen LogP contribution in [0.15, 0.2) is 66.0 Å². The molecule has 0 spiro atoms. The van der Waals surface area contributed by atoms with Crippen LogP contribution >= 0.6 is 0 Å². The summed E-state index contributed by atoms with van der Waals surface area (Å²) in [6, 6.07) is 12.1. The summed E-state index contributed by atoms with van der Waals surface area (Å²) in [5, 5.41) is 7.85. The largest absolute Gasteiger partial charge is 0.348 e. The van der Waals surface area contributed by atoms with Gasteiger partial charge in [0.05, 0.1) is 17.6 Å². The van der Waals surface area contributed by atoms with Crippen LogP contribution in [0.5, 0.6) is 0 Å². The third-order valence-electron chi connectivity index (χ3n) is 7.22. The Bertz CT molecular complexity index is 1180. The molecule has 0 fully saturated rings. The predicted molar refractivity (Wildman–Crippen MR) is 126 cm³/mol. The lowest BCUT2D eigenvalue weighted by Gasteiger charge is -2.29. The number of amides is 1. The lowest BCUT2D eigenvalue weighted by molar-refractivity contribution is 0.0925. The number of nitrogens with zero attached hydrogens (tertiary/aromatic N) is 3. The molecule has 33 heavy (non-hydrogen) atoms. The number of halogens is 1. The van der Waals surface area contributed by atoms with E-state index >= 15 is 0 Å². The van der Waals surface area contributed by atoms with Gasteiger partial charge in [0.1, 0.15) is 11.5 Å². The maximum Gasteiger partial charge on any atom is 0.270 e. The number of hydrogen-bond acceptors (Lipinski definition) is 3. The summed E-state index contributed by atoms with van der Waals surface area (Å²) >= 11 is 0. The summed E-state index contributed by atoms with van der Waals surface area (Å²) in [6.45, 7) is 4.40. The number of pyridine rings is 1. The van der Waals surface area contributed by atoms with Crippen LogP contribution in [0.25, 0.3) is 5.69 Å². The Balaban J connectivity index is 1.34. The molecule has 0 aliphatic heterocycles. The Morgan fingerprint density at radius 3 is 2.79 bits per heavy atom. The van der Waals surface area contributed by atoms with Gasteiger partial charge in [-0.05, 0) is 68.0 Å². The Kier molecular flexibility index (Phi) is 5.83. The van der Waals surface area contributed by atoms with Crippen LogP contribution in [0.4, 0.5) is 4.39 Å².